The number of carbonyl (C=O) groups is 1. The lowest BCUT2D eigenvalue weighted by atomic mass is 10.1. The Hall–Kier alpha value is -2.78. The molecule has 0 bridgehead atoms. The molecule has 9 heteroatoms. The third kappa shape index (κ3) is 6.11. The number of methoxy groups -OCH3 is 2. The molecule has 8 nitrogen and oxygen atoms in total. The van der Waals surface area contributed by atoms with Gasteiger partial charge >= 0.3 is 5.97 Å². The van der Waals surface area contributed by atoms with E-state index in [1.54, 1.807) is 19.2 Å². The average Bonchev–Trinajstić information content (AvgIpc) is 2.71. The Bertz CT molecular complexity index is 989. The molecule has 0 radical (unpaired) electrons. The molecule has 2 aromatic rings. The summed E-state index contributed by atoms with van der Waals surface area (Å²) in [6.07, 6.45) is 0.424. The van der Waals surface area contributed by atoms with E-state index in [-0.39, 0.29) is 22.9 Å². The topological polar surface area (TPSA) is 114 Å². The minimum atomic E-state index is -3.93. The number of rotatable bonds is 11. The van der Waals surface area contributed by atoms with Crippen molar-refractivity contribution in [2.45, 2.75) is 25.2 Å². The van der Waals surface area contributed by atoms with Crippen LogP contribution in [0.15, 0.2) is 41.3 Å². The second kappa shape index (κ2) is 10.3. The van der Waals surface area contributed by atoms with Crippen LogP contribution in [0.1, 0.15) is 29.8 Å². The van der Waals surface area contributed by atoms with Gasteiger partial charge in [0.2, 0.25) is 10.0 Å². The predicted octanol–water partition coefficient (Wildman–Crippen LogP) is 2.99. The fourth-order valence-electron chi connectivity index (χ4n) is 2.78. The zero-order chi connectivity index (χ0) is 22.3. The predicted molar refractivity (Wildman–Crippen MR) is 115 cm³/mol. The highest BCUT2D eigenvalue weighted by atomic mass is 32.2. The Morgan fingerprint density at radius 2 is 1.77 bits per heavy atom. The fraction of sp³-hybridized carbons (Fsp3) is 0.381. The summed E-state index contributed by atoms with van der Waals surface area (Å²) in [4.78, 5) is 11.2. The highest BCUT2D eigenvalue weighted by Gasteiger charge is 2.21. The van der Waals surface area contributed by atoms with Crippen LogP contribution in [0.5, 0.6) is 11.5 Å². The summed E-state index contributed by atoms with van der Waals surface area (Å²) in [7, 11) is -0.849. The first kappa shape index (κ1) is 23.5. The molecule has 0 fully saturated rings. The summed E-state index contributed by atoms with van der Waals surface area (Å²) in [5.74, 6) is 0.255. The van der Waals surface area contributed by atoms with Crippen molar-refractivity contribution in [3.05, 3.63) is 47.5 Å². The van der Waals surface area contributed by atoms with Crippen LogP contribution < -0.4 is 19.5 Å². The largest absolute Gasteiger partial charge is 0.493 e. The van der Waals surface area contributed by atoms with E-state index in [0.29, 0.717) is 30.2 Å². The second-order valence-corrected chi connectivity index (χ2v) is 8.86. The van der Waals surface area contributed by atoms with Crippen LogP contribution in [0.2, 0.25) is 0 Å². The van der Waals surface area contributed by atoms with Gasteiger partial charge in [-0.05, 0) is 48.2 Å². The maximum Gasteiger partial charge on any atom is 0.335 e. The lowest BCUT2D eigenvalue weighted by Crippen LogP contribution is -2.27. The highest BCUT2D eigenvalue weighted by Crippen LogP contribution is 2.28. The second-order valence-electron chi connectivity index (χ2n) is 7.13. The molecule has 0 aliphatic rings. The van der Waals surface area contributed by atoms with Crippen molar-refractivity contribution in [2.75, 3.05) is 32.6 Å². The van der Waals surface area contributed by atoms with Gasteiger partial charge in [0.25, 0.3) is 0 Å². The lowest BCUT2D eigenvalue weighted by Gasteiger charge is -2.15. The van der Waals surface area contributed by atoms with Gasteiger partial charge in [0.05, 0.1) is 25.5 Å². The van der Waals surface area contributed by atoms with E-state index in [1.165, 1.54) is 25.3 Å². The number of benzene rings is 2. The van der Waals surface area contributed by atoms with Gasteiger partial charge in [0.1, 0.15) is 4.90 Å². The van der Waals surface area contributed by atoms with Crippen molar-refractivity contribution in [3.8, 4) is 11.5 Å². The number of carboxylic acid groups (broad SMARTS) is 1. The molecule has 0 heterocycles. The third-order valence-electron chi connectivity index (χ3n) is 4.37. The molecule has 0 aliphatic carbocycles. The Morgan fingerprint density at radius 1 is 1.07 bits per heavy atom. The van der Waals surface area contributed by atoms with Crippen molar-refractivity contribution in [1.82, 2.24) is 4.72 Å². The number of anilines is 1. The van der Waals surface area contributed by atoms with Crippen LogP contribution in [0.4, 0.5) is 5.69 Å². The van der Waals surface area contributed by atoms with E-state index in [2.05, 4.69) is 10.0 Å². The van der Waals surface area contributed by atoms with Gasteiger partial charge in [-0.2, -0.15) is 0 Å². The maximum absolute atomic E-state index is 12.9. The van der Waals surface area contributed by atoms with Gasteiger partial charge in [-0.3, -0.25) is 0 Å². The fourth-order valence-corrected chi connectivity index (χ4v) is 4.02. The molecule has 2 rings (SSSR count). The first-order chi connectivity index (χ1) is 14.2. The zero-order valence-electron chi connectivity index (χ0n) is 17.6. The number of nitrogens with one attached hydrogen (secondary N) is 2. The van der Waals surface area contributed by atoms with Crippen LogP contribution in [0.3, 0.4) is 0 Å². The van der Waals surface area contributed by atoms with E-state index in [4.69, 9.17) is 9.47 Å². The molecule has 30 heavy (non-hydrogen) atoms. The van der Waals surface area contributed by atoms with E-state index >= 15 is 0 Å². The summed E-state index contributed by atoms with van der Waals surface area (Å²) >= 11 is 0. The van der Waals surface area contributed by atoms with Gasteiger partial charge < -0.3 is 19.9 Å². The van der Waals surface area contributed by atoms with Crippen LogP contribution >= 0.6 is 0 Å². The first-order valence-electron chi connectivity index (χ1n) is 9.49. The molecule has 0 aliphatic heterocycles. The quantitative estimate of drug-likeness (QED) is 0.496. The summed E-state index contributed by atoms with van der Waals surface area (Å²) < 4.78 is 38.8. The van der Waals surface area contributed by atoms with Crippen LogP contribution in [-0.4, -0.2) is 46.8 Å². The van der Waals surface area contributed by atoms with E-state index in [1.807, 2.05) is 19.9 Å². The molecule has 2 aromatic carbocycles. The van der Waals surface area contributed by atoms with E-state index in [9.17, 15) is 18.3 Å². The van der Waals surface area contributed by atoms with Crippen molar-refractivity contribution in [2.24, 2.45) is 5.92 Å². The standard InChI is InChI=1S/C21H28N2O6S/c1-14(2)13-22-17-7-6-16(21(24)25)12-20(17)30(26,27)23-10-9-15-5-8-18(28-3)19(11-15)29-4/h5-8,11-12,14,22-23H,9-10,13H2,1-4H3,(H,24,25). The number of hydrogen-bond acceptors (Lipinski definition) is 6. The zero-order valence-corrected chi connectivity index (χ0v) is 18.4. The minimum Gasteiger partial charge on any atom is -0.493 e. The number of ether oxygens (including phenoxy) is 2. The number of hydrogen-bond donors (Lipinski definition) is 3. The number of carboxylic acids is 1. The van der Waals surface area contributed by atoms with Crippen molar-refractivity contribution in [3.63, 3.8) is 0 Å². The molecule has 0 amide bonds. The molecule has 0 spiro atoms. The Balaban J connectivity index is 2.19. The molecule has 3 N–H and O–H groups in total. The van der Waals surface area contributed by atoms with Crippen molar-refractivity contribution >= 4 is 21.7 Å². The first-order valence-corrected chi connectivity index (χ1v) is 11.0. The monoisotopic (exact) mass is 436 g/mol. The van der Waals surface area contributed by atoms with Gasteiger partial charge in [0, 0.05) is 13.1 Å². The summed E-state index contributed by atoms with van der Waals surface area (Å²) in [6, 6.07) is 9.41. The molecule has 0 saturated heterocycles. The Labute approximate surface area is 177 Å². The van der Waals surface area contributed by atoms with Gasteiger partial charge in [-0.1, -0.05) is 19.9 Å². The molecular weight excluding hydrogens is 408 g/mol. The number of sulfonamides is 1. The molecular formula is C21H28N2O6S. The molecule has 0 saturated carbocycles. The summed E-state index contributed by atoms with van der Waals surface area (Å²) in [6.45, 7) is 4.68. The van der Waals surface area contributed by atoms with Crippen LogP contribution in [-0.2, 0) is 16.4 Å². The smallest absolute Gasteiger partial charge is 0.335 e. The SMILES string of the molecule is COc1ccc(CCNS(=O)(=O)c2cc(C(=O)O)ccc2NCC(C)C)cc1OC. The Morgan fingerprint density at radius 3 is 2.37 bits per heavy atom. The van der Waals surface area contributed by atoms with E-state index in [0.717, 1.165) is 5.56 Å². The molecule has 164 valence electrons. The number of aromatic carboxylic acids is 1. The third-order valence-corrected chi connectivity index (χ3v) is 5.87. The van der Waals surface area contributed by atoms with Crippen LogP contribution in [0.25, 0.3) is 0 Å². The normalized spacial score (nSPS) is 11.4. The molecule has 0 unspecified atom stereocenters. The molecule has 0 atom stereocenters. The van der Waals surface area contributed by atoms with Gasteiger partial charge in [-0.15, -0.1) is 0 Å². The van der Waals surface area contributed by atoms with Crippen molar-refractivity contribution in [1.29, 1.82) is 0 Å². The Kier molecular flexibility index (Phi) is 8.08. The van der Waals surface area contributed by atoms with Gasteiger partial charge in [0.15, 0.2) is 11.5 Å². The average molecular weight is 437 g/mol. The van der Waals surface area contributed by atoms with Gasteiger partial charge in [-0.25, -0.2) is 17.9 Å². The lowest BCUT2D eigenvalue weighted by molar-refractivity contribution is 0.0696. The van der Waals surface area contributed by atoms with Crippen LogP contribution in [0, 0.1) is 5.92 Å². The maximum atomic E-state index is 12.9. The highest BCUT2D eigenvalue weighted by molar-refractivity contribution is 7.89. The molecule has 0 aromatic heterocycles. The summed E-state index contributed by atoms with van der Waals surface area (Å²) in [5, 5.41) is 12.3. The van der Waals surface area contributed by atoms with E-state index < -0.39 is 16.0 Å². The van der Waals surface area contributed by atoms with Crippen molar-refractivity contribution < 1.29 is 27.8 Å². The minimum absolute atomic E-state index is 0.0876. The summed E-state index contributed by atoms with van der Waals surface area (Å²) in [5.41, 5.74) is 1.14.